The fourth-order valence-corrected chi connectivity index (χ4v) is 4.87. The normalized spacial score (nSPS) is 14.6. The number of halogens is 5. The van der Waals surface area contributed by atoms with Crippen molar-refractivity contribution in [2.24, 2.45) is 0 Å². The maximum Gasteiger partial charge on any atom is 0.282 e. The summed E-state index contributed by atoms with van der Waals surface area (Å²) in [5.74, 6) is -1.38. The fourth-order valence-electron chi connectivity index (χ4n) is 3.91. The van der Waals surface area contributed by atoms with Crippen molar-refractivity contribution in [3.05, 3.63) is 57.3 Å². The summed E-state index contributed by atoms with van der Waals surface area (Å²) in [6, 6.07) is 5.04. The molecule has 1 aliphatic rings. The third-order valence-corrected chi connectivity index (χ3v) is 6.88. The summed E-state index contributed by atoms with van der Waals surface area (Å²) in [4.78, 5) is 31.0. The molecule has 3 heterocycles. The van der Waals surface area contributed by atoms with Crippen molar-refractivity contribution in [1.29, 1.82) is 0 Å². The third kappa shape index (κ3) is 5.62. The number of aromatic hydroxyl groups is 1. The second kappa shape index (κ2) is 10.8. The number of carbonyl (C=O) groups excluding carboxylic acids is 2. The van der Waals surface area contributed by atoms with E-state index < -0.39 is 42.6 Å². The number of nitrogens with one attached hydrogen (secondary N) is 1. The number of phenolic OH excluding ortho intramolecular Hbond substituents is 1. The first-order valence-electron chi connectivity index (χ1n) is 10.8. The van der Waals surface area contributed by atoms with Crippen molar-refractivity contribution in [2.45, 2.75) is 38.2 Å². The summed E-state index contributed by atoms with van der Waals surface area (Å²) in [6.45, 7) is 0.0957. The Morgan fingerprint density at radius 3 is 2.58 bits per heavy atom. The molecule has 2 amide bonds. The summed E-state index contributed by atoms with van der Waals surface area (Å²) in [5, 5.41) is 18.2. The molecule has 3 aromatic rings. The first-order valence-corrected chi connectivity index (χ1v) is 12.1. The number of phenols is 1. The van der Waals surface area contributed by atoms with Gasteiger partial charge < -0.3 is 10.0 Å². The van der Waals surface area contributed by atoms with Gasteiger partial charge in [-0.05, 0) is 31.0 Å². The van der Waals surface area contributed by atoms with E-state index in [0.717, 1.165) is 5.69 Å². The van der Waals surface area contributed by atoms with Crippen LogP contribution in [0.25, 0.3) is 0 Å². The first-order chi connectivity index (χ1) is 17.1. The molecule has 0 saturated carbocycles. The van der Waals surface area contributed by atoms with E-state index in [0.29, 0.717) is 41.8 Å². The van der Waals surface area contributed by atoms with Gasteiger partial charge >= 0.3 is 0 Å². The minimum absolute atomic E-state index is 0.00212. The monoisotopic (exact) mass is 545 g/mol. The van der Waals surface area contributed by atoms with E-state index in [1.54, 1.807) is 5.38 Å². The molecule has 0 unspecified atom stereocenters. The van der Waals surface area contributed by atoms with Gasteiger partial charge in [0, 0.05) is 24.4 Å². The maximum absolute atomic E-state index is 13.2. The number of thiazole rings is 1. The number of piperidine rings is 1. The van der Waals surface area contributed by atoms with Gasteiger partial charge in [0.15, 0.2) is 5.13 Å². The predicted octanol–water partition coefficient (Wildman–Crippen LogP) is 5.23. The predicted molar refractivity (Wildman–Crippen MR) is 124 cm³/mol. The minimum atomic E-state index is -3.04. The number of carbonyl (C=O) groups is 2. The van der Waals surface area contributed by atoms with Crippen LogP contribution in [0.3, 0.4) is 0 Å². The summed E-state index contributed by atoms with van der Waals surface area (Å²) >= 11 is 7.05. The van der Waals surface area contributed by atoms with Crippen molar-refractivity contribution in [3.8, 4) is 5.75 Å². The van der Waals surface area contributed by atoms with Crippen LogP contribution < -0.4 is 5.32 Å². The van der Waals surface area contributed by atoms with Crippen molar-refractivity contribution in [2.75, 3.05) is 18.4 Å². The molecule has 0 aliphatic carbocycles. The van der Waals surface area contributed by atoms with Gasteiger partial charge in [0.05, 0.1) is 16.3 Å². The van der Waals surface area contributed by atoms with Crippen LogP contribution in [0.2, 0.25) is 5.02 Å². The highest BCUT2D eigenvalue weighted by molar-refractivity contribution is 7.14. The highest BCUT2D eigenvalue weighted by Gasteiger charge is 2.28. The summed E-state index contributed by atoms with van der Waals surface area (Å²) in [5.41, 5.74) is -0.782. The second-order valence-corrected chi connectivity index (χ2v) is 9.34. The van der Waals surface area contributed by atoms with Gasteiger partial charge in [0.2, 0.25) is 5.91 Å². The van der Waals surface area contributed by atoms with Gasteiger partial charge in [-0.3, -0.25) is 19.6 Å². The smallest absolute Gasteiger partial charge is 0.282 e. The van der Waals surface area contributed by atoms with E-state index in [-0.39, 0.29) is 22.3 Å². The van der Waals surface area contributed by atoms with Crippen LogP contribution in [0, 0.1) is 0 Å². The topological polar surface area (TPSA) is 100 Å². The van der Waals surface area contributed by atoms with Gasteiger partial charge in [-0.1, -0.05) is 17.7 Å². The zero-order chi connectivity index (χ0) is 26.0. The van der Waals surface area contributed by atoms with Crippen LogP contribution in [-0.2, 0) is 11.3 Å². The van der Waals surface area contributed by atoms with Crippen molar-refractivity contribution in [3.63, 3.8) is 0 Å². The maximum atomic E-state index is 13.2. The number of anilines is 1. The lowest BCUT2D eigenvalue weighted by Crippen LogP contribution is -2.40. The Morgan fingerprint density at radius 1 is 1.19 bits per heavy atom. The molecule has 8 nitrogen and oxygen atoms in total. The largest absolute Gasteiger partial charge is 0.506 e. The third-order valence-electron chi connectivity index (χ3n) is 5.80. The number of likely N-dealkylation sites (tertiary alicyclic amines) is 1. The van der Waals surface area contributed by atoms with E-state index in [4.69, 9.17) is 11.6 Å². The fraction of sp³-hybridized carbons (Fsp3) is 0.364. The number of rotatable bonds is 7. The number of benzene rings is 1. The number of alkyl halides is 4. The molecule has 1 fully saturated rings. The lowest BCUT2D eigenvalue weighted by molar-refractivity contribution is -0.133. The Labute approximate surface area is 211 Å². The Bertz CT molecular complexity index is 1260. The summed E-state index contributed by atoms with van der Waals surface area (Å²) in [6.07, 6.45) is -4.97. The van der Waals surface area contributed by atoms with E-state index in [1.165, 1.54) is 34.4 Å². The van der Waals surface area contributed by atoms with Crippen molar-refractivity contribution >= 4 is 39.9 Å². The van der Waals surface area contributed by atoms with Crippen LogP contribution in [0.15, 0.2) is 29.6 Å². The Hall–Kier alpha value is -3.19. The molecular formula is C22H20ClF4N5O3S. The highest BCUT2D eigenvalue weighted by Crippen LogP contribution is 2.32. The van der Waals surface area contributed by atoms with Crippen molar-refractivity contribution < 1.29 is 32.3 Å². The minimum Gasteiger partial charge on any atom is -0.506 e. The lowest BCUT2D eigenvalue weighted by Gasteiger charge is -2.31. The molecular weight excluding hydrogens is 526 g/mol. The van der Waals surface area contributed by atoms with Gasteiger partial charge in [0.25, 0.3) is 18.8 Å². The molecule has 192 valence electrons. The molecule has 0 atom stereocenters. The molecule has 1 aliphatic heterocycles. The van der Waals surface area contributed by atoms with Crippen LogP contribution in [-0.4, -0.2) is 49.7 Å². The molecule has 0 spiro atoms. The molecule has 14 heteroatoms. The number of amides is 2. The number of hydrogen-bond acceptors (Lipinski definition) is 6. The van der Waals surface area contributed by atoms with E-state index in [2.05, 4.69) is 15.4 Å². The molecule has 1 saturated heterocycles. The van der Waals surface area contributed by atoms with Crippen molar-refractivity contribution in [1.82, 2.24) is 19.7 Å². The zero-order valence-corrected chi connectivity index (χ0v) is 20.1. The molecule has 2 aromatic heterocycles. The van der Waals surface area contributed by atoms with Crippen LogP contribution >= 0.6 is 22.9 Å². The zero-order valence-electron chi connectivity index (χ0n) is 18.5. The summed E-state index contributed by atoms with van der Waals surface area (Å²) < 4.78 is 52.7. The lowest BCUT2D eigenvalue weighted by atomic mass is 9.94. The number of nitrogens with zero attached hydrogens (tertiary/aromatic N) is 4. The summed E-state index contributed by atoms with van der Waals surface area (Å²) in [7, 11) is 0. The Kier molecular flexibility index (Phi) is 7.79. The molecule has 0 radical (unpaired) electrons. The number of aromatic nitrogens is 3. The molecule has 0 bridgehead atoms. The van der Waals surface area contributed by atoms with E-state index in [1.807, 2.05) is 0 Å². The van der Waals surface area contributed by atoms with E-state index >= 15 is 0 Å². The SMILES string of the molecule is O=C(Nc1nc(C2CCN(C(=O)Cn3nc(C(F)F)cc3C(F)F)CC2)cs1)c1cccc(Cl)c1O. The molecule has 4 rings (SSSR count). The van der Waals surface area contributed by atoms with Crippen LogP contribution in [0.5, 0.6) is 5.75 Å². The Morgan fingerprint density at radius 2 is 1.92 bits per heavy atom. The van der Waals surface area contributed by atoms with E-state index in [9.17, 15) is 32.3 Å². The average Bonchev–Trinajstić information content (AvgIpc) is 3.48. The number of hydrogen-bond donors (Lipinski definition) is 2. The molecule has 2 N–H and O–H groups in total. The standard InChI is InChI=1S/C22H20ClF4N5O3S/c23-13-3-1-2-12(18(13)34)21(35)29-22-28-15(10-36-22)11-4-6-31(7-5-11)17(33)9-32-16(20(26)27)8-14(30-32)19(24)25/h1-3,8,10-11,19-20,34H,4-7,9H2,(H,28,29,35). The molecule has 1 aromatic carbocycles. The second-order valence-electron chi connectivity index (χ2n) is 8.08. The van der Waals surface area contributed by atoms with Gasteiger partial charge in [-0.25, -0.2) is 22.5 Å². The number of para-hydroxylation sites is 1. The Balaban J connectivity index is 1.34. The van der Waals surface area contributed by atoms with Crippen LogP contribution in [0.1, 0.15) is 59.1 Å². The van der Waals surface area contributed by atoms with Gasteiger partial charge in [-0.15, -0.1) is 11.3 Å². The first kappa shape index (κ1) is 25.9. The molecule has 36 heavy (non-hydrogen) atoms. The van der Waals surface area contributed by atoms with Crippen LogP contribution in [0.4, 0.5) is 22.7 Å². The highest BCUT2D eigenvalue weighted by atomic mass is 35.5. The van der Waals surface area contributed by atoms with Gasteiger partial charge in [-0.2, -0.15) is 5.10 Å². The quantitative estimate of drug-likeness (QED) is 0.396. The van der Waals surface area contributed by atoms with Gasteiger partial charge in [0.1, 0.15) is 23.7 Å². The average molecular weight is 546 g/mol.